The average Bonchev–Trinajstić information content (AvgIpc) is 2.61. The van der Waals surface area contributed by atoms with Gasteiger partial charge in [0.25, 0.3) is 5.91 Å². The van der Waals surface area contributed by atoms with Crippen LogP contribution in [0.5, 0.6) is 0 Å². The molecule has 0 radical (unpaired) electrons. The molecular weight excluding hydrogens is 445 g/mol. The number of rotatable bonds is 6. The Balaban J connectivity index is 1.99. The van der Waals surface area contributed by atoms with E-state index in [9.17, 15) is 14.9 Å². The fraction of sp³-hybridized carbons (Fsp3) is 0.105. The molecule has 0 saturated carbocycles. The minimum Gasteiger partial charge on any atom is -0.478 e. The van der Waals surface area contributed by atoms with Crippen molar-refractivity contribution in [3.05, 3.63) is 74.5 Å². The van der Waals surface area contributed by atoms with Crippen LogP contribution >= 0.6 is 22.6 Å². The van der Waals surface area contributed by atoms with E-state index in [2.05, 4.69) is 33.2 Å². The summed E-state index contributed by atoms with van der Waals surface area (Å²) in [4.78, 5) is 23.0. The third kappa shape index (κ3) is 5.32. The monoisotopic (exact) mass is 461 g/mol. The van der Waals surface area contributed by atoms with Gasteiger partial charge in [-0.15, -0.1) is 0 Å². The van der Waals surface area contributed by atoms with Crippen LogP contribution in [0.25, 0.3) is 0 Å². The van der Waals surface area contributed by atoms with Crippen LogP contribution in [-0.2, 0) is 11.3 Å². The molecule has 0 fully saturated rings. The van der Waals surface area contributed by atoms with Crippen LogP contribution in [0.1, 0.15) is 21.5 Å². The molecule has 0 unspecified atom stereocenters. The summed E-state index contributed by atoms with van der Waals surface area (Å²) in [6.07, 6.45) is 1.35. The standard InChI is InChI=1S/C19H16IN3O3/c1-12-8-16(20)6-7-17(12)23-18(24)15(9-21)11-22-10-13-2-4-14(5-3-13)19(25)26/h2-8,11,22H,10H2,1H3,(H,23,24)(H,25,26)/b15-11-. The summed E-state index contributed by atoms with van der Waals surface area (Å²) in [5.41, 5.74) is 2.55. The number of nitriles is 1. The van der Waals surface area contributed by atoms with Crippen molar-refractivity contribution in [1.29, 1.82) is 5.26 Å². The summed E-state index contributed by atoms with van der Waals surface area (Å²) in [6.45, 7) is 2.24. The van der Waals surface area contributed by atoms with Gasteiger partial charge in [-0.1, -0.05) is 12.1 Å². The molecule has 0 aliphatic heterocycles. The first kappa shape index (κ1) is 19.5. The number of carboxylic acids is 1. The van der Waals surface area contributed by atoms with Crippen LogP contribution < -0.4 is 10.6 Å². The van der Waals surface area contributed by atoms with E-state index in [-0.39, 0.29) is 11.1 Å². The van der Waals surface area contributed by atoms with Crippen LogP contribution in [0.15, 0.2) is 54.2 Å². The Kier molecular flexibility index (Phi) is 6.74. The Morgan fingerprint density at radius 1 is 1.23 bits per heavy atom. The molecule has 6 nitrogen and oxygen atoms in total. The van der Waals surface area contributed by atoms with Crippen molar-refractivity contribution in [3.63, 3.8) is 0 Å². The smallest absolute Gasteiger partial charge is 0.335 e. The number of halogens is 1. The number of nitrogens with zero attached hydrogens (tertiary/aromatic N) is 1. The zero-order chi connectivity index (χ0) is 19.1. The maximum Gasteiger partial charge on any atom is 0.335 e. The second-order valence-corrected chi connectivity index (χ2v) is 6.71. The molecule has 2 rings (SSSR count). The number of benzene rings is 2. The van der Waals surface area contributed by atoms with E-state index in [0.29, 0.717) is 12.2 Å². The predicted octanol–water partition coefficient (Wildman–Crippen LogP) is 3.43. The lowest BCUT2D eigenvalue weighted by Crippen LogP contribution is -2.17. The van der Waals surface area contributed by atoms with Gasteiger partial charge in [-0.3, -0.25) is 4.79 Å². The predicted molar refractivity (Wildman–Crippen MR) is 106 cm³/mol. The van der Waals surface area contributed by atoms with Gasteiger partial charge in [0, 0.05) is 22.0 Å². The first-order valence-corrected chi connectivity index (χ1v) is 8.72. The molecule has 0 saturated heterocycles. The minimum atomic E-state index is -0.987. The second-order valence-electron chi connectivity index (χ2n) is 5.47. The van der Waals surface area contributed by atoms with Gasteiger partial charge in [-0.2, -0.15) is 5.26 Å². The van der Waals surface area contributed by atoms with Gasteiger partial charge in [0.2, 0.25) is 0 Å². The topological polar surface area (TPSA) is 102 Å². The zero-order valence-corrected chi connectivity index (χ0v) is 16.1. The van der Waals surface area contributed by atoms with Gasteiger partial charge in [-0.25, -0.2) is 4.79 Å². The van der Waals surface area contributed by atoms with E-state index in [1.807, 2.05) is 25.1 Å². The lowest BCUT2D eigenvalue weighted by atomic mass is 10.1. The van der Waals surface area contributed by atoms with E-state index in [0.717, 1.165) is 14.7 Å². The number of carboxylic acid groups (broad SMARTS) is 1. The van der Waals surface area contributed by atoms with Crippen LogP contribution in [0.4, 0.5) is 5.69 Å². The third-order valence-corrected chi connectivity index (χ3v) is 4.23. The molecule has 0 aliphatic carbocycles. The molecule has 2 aromatic carbocycles. The molecule has 132 valence electrons. The first-order chi connectivity index (χ1) is 12.4. The molecule has 0 aromatic heterocycles. The Labute approximate surface area is 164 Å². The van der Waals surface area contributed by atoms with Gasteiger partial charge in [-0.05, 0) is 71.0 Å². The van der Waals surface area contributed by atoms with Crippen molar-refractivity contribution < 1.29 is 14.7 Å². The highest BCUT2D eigenvalue weighted by molar-refractivity contribution is 14.1. The summed E-state index contributed by atoms with van der Waals surface area (Å²) >= 11 is 2.19. The molecular formula is C19H16IN3O3. The van der Waals surface area contributed by atoms with E-state index in [1.54, 1.807) is 18.2 Å². The molecule has 3 N–H and O–H groups in total. The number of aryl methyl sites for hydroxylation is 1. The molecule has 0 heterocycles. The number of carbonyl (C=O) groups excluding carboxylic acids is 1. The van der Waals surface area contributed by atoms with Gasteiger partial charge in [0.05, 0.1) is 5.56 Å². The van der Waals surface area contributed by atoms with E-state index >= 15 is 0 Å². The molecule has 26 heavy (non-hydrogen) atoms. The minimum absolute atomic E-state index is 0.0508. The third-order valence-electron chi connectivity index (χ3n) is 3.56. The maximum absolute atomic E-state index is 12.2. The number of nitrogens with one attached hydrogen (secondary N) is 2. The van der Waals surface area contributed by atoms with Crippen LogP contribution in [-0.4, -0.2) is 17.0 Å². The summed E-state index contributed by atoms with van der Waals surface area (Å²) in [5.74, 6) is -1.48. The van der Waals surface area contributed by atoms with Crippen molar-refractivity contribution in [2.45, 2.75) is 13.5 Å². The number of carbonyl (C=O) groups is 2. The molecule has 0 aliphatic rings. The summed E-state index contributed by atoms with van der Waals surface area (Å²) in [7, 11) is 0. The molecule has 0 atom stereocenters. The average molecular weight is 461 g/mol. The van der Waals surface area contributed by atoms with Crippen molar-refractivity contribution in [1.82, 2.24) is 5.32 Å². The number of anilines is 1. The summed E-state index contributed by atoms with van der Waals surface area (Å²) in [6, 6.07) is 13.8. The molecule has 0 spiro atoms. The molecule has 0 bridgehead atoms. The SMILES string of the molecule is Cc1cc(I)ccc1NC(=O)/C(C#N)=C\NCc1ccc(C(=O)O)cc1. The van der Waals surface area contributed by atoms with Gasteiger partial charge in [0.1, 0.15) is 11.6 Å². The second kappa shape index (κ2) is 9.01. The molecule has 1 amide bonds. The van der Waals surface area contributed by atoms with Crippen LogP contribution in [0, 0.1) is 21.8 Å². The Hall–Kier alpha value is -2.86. The Morgan fingerprint density at radius 3 is 2.50 bits per heavy atom. The number of hydrogen-bond acceptors (Lipinski definition) is 4. The van der Waals surface area contributed by atoms with E-state index in [4.69, 9.17) is 5.11 Å². The van der Waals surface area contributed by atoms with E-state index in [1.165, 1.54) is 18.3 Å². The quantitative estimate of drug-likeness (QED) is 0.348. The zero-order valence-electron chi connectivity index (χ0n) is 13.9. The summed E-state index contributed by atoms with van der Waals surface area (Å²) in [5, 5.41) is 23.7. The largest absolute Gasteiger partial charge is 0.478 e. The number of aromatic carboxylic acids is 1. The Morgan fingerprint density at radius 2 is 1.92 bits per heavy atom. The van der Waals surface area contributed by atoms with Gasteiger partial charge < -0.3 is 15.7 Å². The molecule has 7 heteroatoms. The van der Waals surface area contributed by atoms with Crippen LogP contribution in [0.2, 0.25) is 0 Å². The van der Waals surface area contributed by atoms with Gasteiger partial charge >= 0.3 is 5.97 Å². The van der Waals surface area contributed by atoms with Crippen molar-refractivity contribution >= 4 is 40.2 Å². The fourth-order valence-corrected chi connectivity index (χ4v) is 2.79. The van der Waals surface area contributed by atoms with Gasteiger partial charge in [0.15, 0.2) is 0 Å². The van der Waals surface area contributed by atoms with Crippen LogP contribution in [0.3, 0.4) is 0 Å². The van der Waals surface area contributed by atoms with Crippen molar-refractivity contribution in [2.24, 2.45) is 0 Å². The highest BCUT2D eigenvalue weighted by Crippen LogP contribution is 2.18. The first-order valence-electron chi connectivity index (χ1n) is 7.64. The number of hydrogen-bond donors (Lipinski definition) is 3. The van der Waals surface area contributed by atoms with Crippen molar-refractivity contribution in [3.8, 4) is 6.07 Å². The normalized spacial score (nSPS) is 10.7. The highest BCUT2D eigenvalue weighted by Gasteiger charge is 2.10. The lowest BCUT2D eigenvalue weighted by molar-refractivity contribution is -0.112. The maximum atomic E-state index is 12.2. The fourth-order valence-electron chi connectivity index (χ4n) is 2.14. The van der Waals surface area contributed by atoms with Crippen molar-refractivity contribution in [2.75, 3.05) is 5.32 Å². The molecule has 2 aromatic rings. The summed E-state index contributed by atoms with van der Waals surface area (Å²) < 4.78 is 1.06. The van der Waals surface area contributed by atoms with E-state index < -0.39 is 11.9 Å². The highest BCUT2D eigenvalue weighted by atomic mass is 127. The lowest BCUT2D eigenvalue weighted by Gasteiger charge is -2.08. The Bertz CT molecular complexity index is 899. The number of amides is 1.